The number of nitrogens with one attached hydrogen (secondary N) is 2. The molecule has 2 N–H and O–H groups in total. The average Bonchev–Trinajstić information content (AvgIpc) is 2.55. The van der Waals surface area contributed by atoms with Gasteiger partial charge >= 0.3 is 12.0 Å². The number of benzene rings is 1. The molecule has 3 amide bonds. The molecule has 1 aromatic rings. The van der Waals surface area contributed by atoms with Gasteiger partial charge in [0.1, 0.15) is 5.75 Å². The lowest BCUT2D eigenvalue weighted by molar-refractivity contribution is -0.126. The van der Waals surface area contributed by atoms with Crippen LogP contribution in [0.1, 0.15) is 37.0 Å². The van der Waals surface area contributed by atoms with Crippen molar-refractivity contribution in [1.82, 2.24) is 10.6 Å². The molecule has 126 valence electrons. The van der Waals surface area contributed by atoms with Gasteiger partial charge in [-0.1, -0.05) is 13.3 Å². The predicted octanol–water partition coefficient (Wildman–Crippen LogP) is 1.87. The van der Waals surface area contributed by atoms with Crippen molar-refractivity contribution in [3.05, 3.63) is 29.8 Å². The van der Waals surface area contributed by atoms with E-state index in [0.29, 0.717) is 17.9 Å². The molecule has 0 bridgehead atoms. The van der Waals surface area contributed by atoms with Crippen LogP contribution in [-0.2, 0) is 9.53 Å². The van der Waals surface area contributed by atoms with Gasteiger partial charge in [-0.15, -0.1) is 0 Å². The van der Waals surface area contributed by atoms with Crippen molar-refractivity contribution in [3.63, 3.8) is 0 Å². The van der Waals surface area contributed by atoms with E-state index >= 15 is 0 Å². The summed E-state index contributed by atoms with van der Waals surface area (Å²) in [4.78, 5) is 34.5. The minimum Gasteiger partial charge on any atom is -0.481 e. The van der Waals surface area contributed by atoms with Crippen LogP contribution in [0.3, 0.4) is 0 Å². The van der Waals surface area contributed by atoms with Crippen LogP contribution in [0.25, 0.3) is 0 Å². The molecule has 23 heavy (non-hydrogen) atoms. The minimum atomic E-state index is -0.852. The Labute approximate surface area is 135 Å². The van der Waals surface area contributed by atoms with Crippen molar-refractivity contribution in [2.45, 2.75) is 32.8 Å². The number of ether oxygens (including phenoxy) is 2. The fourth-order valence-corrected chi connectivity index (χ4v) is 1.60. The smallest absolute Gasteiger partial charge is 0.338 e. The first-order valence-electron chi connectivity index (χ1n) is 7.44. The van der Waals surface area contributed by atoms with Gasteiger partial charge in [0.15, 0.2) is 6.10 Å². The predicted molar refractivity (Wildman–Crippen MR) is 84.3 cm³/mol. The zero-order valence-corrected chi connectivity index (χ0v) is 13.5. The van der Waals surface area contributed by atoms with Crippen LogP contribution < -0.4 is 15.4 Å². The minimum absolute atomic E-state index is 0.393. The molecule has 0 fully saturated rings. The lowest BCUT2D eigenvalue weighted by Crippen LogP contribution is -2.43. The van der Waals surface area contributed by atoms with Gasteiger partial charge in [-0.05, 0) is 37.6 Å². The molecular weight excluding hydrogens is 300 g/mol. The number of urea groups is 1. The molecule has 0 aliphatic carbocycles. The number of carbonyl (C=O) groups excluding carboxylic acids is 3. The summed E-state index contributed by atoms with van der Waals surface area (Å²) in [5, 5.41) is 4.40. The van der Waals surface area contributed by atoms with E-state index in [1.807, 2.05) is 6.92 Å². The van der Waals surface area contributed by atoms with E-state index in [-0.39, 0.29) is 0 Å². The number of imide groups is 1. The van der Waals surface area contributed by atoms with E-state index in [1.165, 1.54) is 14.0 Å². The Morgan fingerprint density at radius 2 is 1.83 bits per heavy atom. The highest BCUT2D eigenvalue weighted by molar-refractivity contribution is 5.96. The normalized spacial score (nSPS) is 11.3. The fraction of sp³-hybridized carbons (Fsp3) is 0.438. The molecule has 0 saturated heterocycles. The summed E-state index contributed by atoms with van der Waals surface area (Å²) < 4.78 is 10.5. The Bertz CT molecular complexity index is 542. The highest BCUT2D eigenvalue weighted by atomic mass is 16.5. The van der Waals surface area contributed by atoms with Gasteiger partial charge in [0.25, 0.3) is 5.91 Å². The Morgan fingerprint density at radius 3 is 2.39 bits per heavy atom. The van der Waals surface area contributed by atoms with E-state index in [4.69, 9.17) is 9.47 Å². The van der Waals surface area contributed by atoms with E-state index in [1.54, 1.807) is 24.3 Å². The van der Waals surface area contributed by atoms with Crippen LogP contribution in [0.2, 0.25) is 0 Å². The number of unbranched alkanes of at least 4 members (excludes halogenated alkanes) is 1. The molecule has 0 aliphatic heterocycles. The summed E-state index contributed by atoms with van der Waals surface area (Å²) in [7, 11) is 1.41. The van der Waals surface area contributed by atoms with Gasteiger partial charge in [0, 0.05) is 7.05 Å². The molecule has 0 radical (unpaired) electrons. The van der Waals surface area contributed by atoms with Crippen LogP contribution >= 0.6 is 0 Å². The van der Waals surface area contributed by atoms with Gasteiger partial charge in [-0.2, -0.15) is 0 Å². The van der Waals surface area contributed by atoms with Crippen molar-refractivity contribution in [2.75, 3.05) is 13.7 Å². The first-order chi connectivity index (χ1) is 11.0. The Morgan fingerprint density at radius 1 is 1.17 bits per heavy atom. The number of carbonyl (C=O) groups is 3. The van der Waals surface area contributed by atoms with Crippen molar-refractivity contribution in [3.8, 4) is 5.75 Å². The van der Waals surface area contributed by atoms with Crippen LogP contribution in [0.5, 0.6) is 5.75 Å². The van der Waals surface area contributed by atoms with E-state index in [9.17, 15) is 14.4 Å². The molecule has 1 rings (SSSR count). The molecular formula is C16H22N2O5. The second-order valence-electron chi connectivity index (χ2n) is 4.84. The highest BCUT2D eigenvalue weighted by Crippen LogP contribution is 2.15. The van der Waals surface area contributed by atoms with Crippen LogP contribution in [0.15, 0.2) is 24.3 Å². The Balaban J connectivity index is 2.54. The summed E-state index contributed by atoms with van der Waals surface area (Å²) in [6.45, 7) is 3.93. The molecule has 7 heteroatoms. The largest absolute Gasteiger partial charge is 0.481 e. The third-order valence-corrected chi connectivity index (χ3v) is 2.97. The lowest BCUT2D eigenvalue weighted by Gasteiger charge is -2.14. The Hall–Kier alpha value is -2.57. The molecule has 0 unspecified atom stereocenters. The topological polar surface area (TPSA) is 93.7 Å². The number of rotatable bonds is 7. The summed E-state index contributed by atoms with van der Waals surface area (Å²) in [6.07, 6.45) is 0.927. The molecule has 0 aromatic heterocycles. The van der Waals surface area contributed by atoms with Gasteiger partial charge in [-0.25, -0.2) is 9.59 Å². The number of hydrogen-bond donors (Lipinski definition) is 2. The maximum Gasteiger partial charge on any atom is 0.338 e. The molecule has 0 aliphatic rings. The molecule has 1 aromatic carbocycles. The molecule has 1 atom stereocenters. The van der Waals surface area contributed by atoms with Crippen molar-refractivity contribution in [2.24, 2.45) is 0 Å². The molecule has 0 spiro atoms. The zero-order chi connectivity index (χ0) is 17.2. The van der Waals surface area contributed by atoms with Crippen molar-refractivity contribution >= 4 is 17.9 Å². The van der Waals surface area contributed by atoms with Gasteiger partial charge < -0.3 is 14.8 Å². The first-order valence-corrected chi connectivity index (χ1v) is 7.44. The summed E-state index contributed by atoms with van der Waals surface area (Å²) in [5.74, 6) is -0.544. The highest BCUT2D eigenvalue weighted by Gasteiger charge is 2.17. The summed E-state index contributed by atoms with van der Waals surface area (Å²) in [5.41, 5.74) is 0.413. The van der Waals surface area contributed by atoms with E-state index in [0.717, 1.165) is 12.8 Å². The summed E-state index contributed by atoms with van der Waals surface area (Å²) in [6, 6.07) is 5.66. The third-order valence-electron chi connectivity index (χ3n) is 2.97. The second-order valence-corrected chi connectivity index (χ2v) is 4.84. The standard InChI is InChI=1S/C16H22N2O5/c1-4-5-10-22-15(20)12-6-8-13(9-7-12)23-11(2)14(19)18-16(21)17-3/h6-9,11H,4-5,10H2,1-3H3,(H2,17,18,19,21)/t11-/m1/s1. The monoisotopic (exact) mass is 322 g/mol. The van der Waals surface area contributed by atoms with E-state index in [2.05, 4.69) is 10.6 Å². The van der Waals surface area contributed by atoms with Crippen LogP contribution in [0, 0.1) is 0 Å². The number of amides is 3. The lowest BCUT2D eigenvalue weighted by atomic mass is 10.2. The Kier molecular flexibility index (Phi) is 7.59. The van der Waals surface area contributed by atoms with Crippen LogP contribution in [-0.4, -0.2) is 37.7 Å². The van der Waals surface area contributed by atoms with Crippen LogP contribution in [0.4, 0.5) is 4.79 Å². The SMILES string of the molecule is CCCCOC(=O)c1ccc(O[C@H](C)C(=O)NC(=O)NC)cc1. The maximum atomic E-state index is 11.7. The van der Waals surface area contributed by atoms with Crippen molar-refractivity contribution in [1.29, 1.82) is 0 Å². The van der Waals surface area contributed by atoms with E-state index < -0.39 is 24.0 Å². The quantitative estimate of drug-likeness (QED) is 0.590. The maximum absolute atomic E-state index is 11.7. The molecule has 7 nitrogen and oxygen atoms in total. The second kappa shape index (κ2) is 9.45. The number of hydrogen-bond acceptors (Lipinski definition) is 5. The van der Waals surface area contributed by atoms with Crippen molar-refractivity contribution < 1.29 is 23.9 Å². The fourth-order valence-electron chi connectivity index (χ4n) is 1.60. The average molecular weight is 322 g/mol. The van der Waals surface area contributed by atoms with Gasteiger partial charge in [0.05, 0.1) is 12.2 Å². The van der Waals surface area contributed by atoms with Gasteiger partial charge in [-0.3, -0.25) is 10.1 Å². The zero-order valence-electron chi connectivity index (χ0n) is 13.5. The first kappa shape index (κ1) is 18.5. The van der Waals surface area contributed by atoms with Gasteiger partial charge in [0.2, 0.25) is 0 Å². The third kappa shape index (κ3) is 6.37. The molecule has 0 heterocycles. The summed E-state index contributed by atoms with van der Waals surface area (Å²) >= 11 is 0. The number of esters is 1. The molecule has 0 saturated carbocycles.